The van der Waals surface area contributed by atoms with Crippen molar-refractivity contribution in [3.8, 4) is 0 Å². The summed E-state index contributed by atoms with van der Waals surface area (Å²) in [5.74, 6) is 0.422. The average molecular weight is 427 g/mol. The van der Waals surface area contributed by atoms with Gasteiger partial charge in [0.2, 0.25) is 0 Å². The number of hydrogen-bond acceptors (Lipinski definition) is 5. The number of nitrogens with one attached hydrogen (secondary N) is 1. The Labute approximate surface area is 177 Å². The molecule has 4 aromatic rings. The van der Waals surface area contributed by atoms with E-state index < -0.39 is 0 Å². The highest BCUT2D eigenvalue weighted by atomic mass is 32.1. The second-order valence-corrected chi connectivity index (χ2v) is 8.43. The number of nitrogens with zero attached hydrogens (tertiary/aromatic N) is 3. The number of carbonyl (C=O) groups is 1. The van der Waals surface area contributed by atoms with Crippen LogP contribution in [-0.2, 0) is 6.54 Å². The van der Waals surface area contributed by atoms with E-state index in [0.29, 0.717) is 18.0 Å². The predicted molar refractivity (Wildman–Crippen MR) is 115 cm³/mol. The summed E-state index contributed by atoms with van der Waals surface area (Å²) in [6, 6.07) is 12.0. The van der Waals surface area contributed by atoms with Crippen LogP contribution in [0.25, 0.3) is 10.2 Å². The summed E-state index contributed by atoms with van der Waals surface area (Å²) in [7, 11) is 3.90. The number of hydrogen-bond donors (Lipinski definition) is 1. The molecule has 8 heteroatoms. The Kier molecular flexibility index (Phi) is 5.69. The maximum Gasteiger partial charge on any atom is 0.261 e. The summed E-state index contributed by atoms with van der Waals surface area (Å²) in [5.41, 5.74) is 1.82. The van der Waals surface area contributed by atoms with Gasteiger partial charge in [0.05, 0.1) is 29.4 Å². The van der Waals surface area contributed by atoms with Crippen LogP contribution in [0.1, 0.15) is 32.7 Å². The number of benzene rings is 1. The second kappa shape index (κ2) is 8.41. The van der Waals surface area contributed by atoms with Gasteiger partial charge in [0.15, 0.2) is 0 Å². The Morgan fingerprint density at radius 2 is 2.07 bits per heavy atom. The van der Waals surface area contributed by atoms with Crippen molar-refractivity contribution in [1.29, 1.82) is 0 Å². The third-order valence-corrected chi connectivity index (χ3v) is 6.17. The Morgan fingerprint density at radius 1 is 1.30 bits per heavy atom. The van der Waals surface area contributed by atoms with Crippen molar-refractivity contribution in [3.05, 3.63) is 76.4 Å². The maximum atomic E-state index is 13.2. The van der Waals surface area contributed by atoms with Crippen LogP contribution >= 0.6 is 11.3 Å². The number of halogens is 1. The highest BCUT2D eigenvalue weighted by Crippen LogP contribution is 2.29. The van der Waals surface area contributed by atoms with Gasteiger partial charge in [0.1, 0.15) is 16.4 Å². The summed E-state index contributed by atoms with van der Waals surface area (Å²) in [5, 5.41) is 8.55. The molecule has 0 radical (unpaired) electrons. The van der Waals surface area contributed by atoms with Gasteiger partial charge in [-0.05, 0) is 56.9 Å². The molecule has 1 N–H and O–H groups in total. The molecular formula is C22H23FN4O2S. The Balaban J connectivity index is 1.51. The van der Waals surface area contributed by atoms with Crippen LogP contribution in [-0.4, -0.2) is 41.2 Å². The molecule has 0 aliphatic carbocycles. The van der Waals surface area contributed by atoms with Crippen molar-refractivity contribution in [2.24, 2.45) is 0 Å². The Bertz CT molecular complexity index is 1150. The molecule has 156 valence electrons. The van der Waals surface area contributed by atoms with Crippen molar-refractivity contribution in [3.63, 3.8) is 0 Å². The van der Waals surface area contributed by atoms with E-state index in [9.17, 15) is 9.18 Å². The second-order valence-electron chi connectivity index (χ2n) is 7.40. The molecule has 0 spiro atoms. The number of rotatable bonds is 7. The SMILES string of the molecule is Cc1nn(Cc2ccc(F)cc2)c2sc(C(=O)NC[C@@H](c3ccco3)N(C)C)cc12. The van der Waals surface area contributed by atoms with E-state index in [1.165, 1.54) is 23.5 Å². The molecule has 0 saturated carbocycles. The number of amides is 1. The first kappa shape index (κ1) is 20.3. The van der Waals surface area contributed by atoms with E-state index in [4.69, 9.17) is 4.42 Å². The van der Waals surface area contributed by atoms with Crippen molar-refractivity contribution in [2.75, 3.05) is 20.6 Å². The van der Waals surface area contributed by atoms with Gasteiger partial charge >= 0.3 is 0 Å². The normalized spacial score (nSPS) is 12.6. The number of carbonyl (C=O) groups excluding carboxylic acids is 1. The fourth-order valence-corrected chi connectivity index (χ4v) is 4.47. The Hall–Kier alpha value is -2.97. The van der Waals surface area contributed by atoms with Crippen LogP contribution in [0.4, 0.5) is 4.39 Å². The number of likely N-dealkylation sites (N-methyl/N-ethyl adjacent to an activating group) is 1. The summed E-state index contributed by atoms with van der Waals surface area (Å²) < 4.78 is 20.5. The van der Waals surface area contributed by atoms with Crippen molar-refractivity contribution < 1.29 is 13.6 Å². The molecule has 3 aromatic heterocycles. The van der Waals surface area contributed by atoms with Gasteiger partial charge in [-0.2, -0.15) is 5.10 Å². The summed E-state index contributed by atoms with van der Waals surface area (Å²) >= 11 is 1.41. The molecule has 0 bridgehead atoms. The van der Waals surface area contributed by atoms with E-state index in [1.807, 2.05) is 48.8 Å². The molecule has 1 atom stereocenters. The first-order valence-corrected chi connectivity index (χ1v) is 10.4. The molecule has 0 unspecified atom stereocenters. The minimum Gasteiger partial charge on any atom is -0.468 e. The van der Waals surface area contributed by atoms with E-state index in [1.54, 1.807) is 18.4 Å². The largest absolute Gasteiger partial charge is 0.468 e. The molecule has 1 aromatic carbocycles. The van der Waals surface area contributed by atoms with Gasteiger partial charge in [0.25, 0.3) is 5.91 Å². The topological polar surface area (TPSA) is 63.3 Å². The number of aryl methyl sites for hydroxylation is 1. The standard InChI is InChI=1S/C22H23FN4O2S/c1-14-17-11-20(21(28)24-12-18(26(2)3)19-5-4-10-29-19)30-22(17)27(25-14)13-15-6-8-16(23)9-7-15/h4-11,18H,12-13H2,1-3H3,(H,24,28)/t18-/m0/s1. The first-order valence-electron chi connectivity index (χ1n) is 9.62. The van der Waals surface area contributed by atoms with Crippen molar-refractivity contribution in [2.45, 2.75) is 19.5 Å². The van der Waals surface area contributed by atoms with Gasteiger partial charge < -0.3 is 9.73 Å². The van der Waals surface area contributed by atoms with Crippen LogP contribution < -0.4 is 5.32 Å². The van der Waals surface area contributed by atoms with Gasteiger partial charge in [-0.25, -0.2) is 4.39 Å². The van der Waals surface area contributed by atoms with Crippen molar-refractivity contribution >= 4 is 27.5 Å². The van der Waals surface area contributed by atoms with Gasteiger partial charge in [0, 0.05) is 11.9 Å². The lowest BCUT2D eigenvalue weighted by Gasteiger charge is -2.22. The predicted octanol–water partition coefficient (Wildman–Crippen LogP) is 4.22. The zero-order valence-corrected chi connectivity index (χ0v) is 17.9. The van der Waals surface area contributed by atoms with Gasteiger partial charge in [-0.15, -0.1) is 11.3 Å². The van der Waals surface area contributed by atoms with Crippen LogP contribution in [0.2, 0.25) is 0 Å². The number of thiophene rings is 1. The fourth-order valence-electron chi connectivity index (χ4n) is 3.39. The lowest BCUT2D eigenvalue weighted by molar-refractivity contribution is 0.0943. The lowest BCUT2D eigenvalue weighted by Crippen LogP contribution is -2.34. The van der Waals surface area contributed by atoms with Gasteiger partial charge in [-0.1, -0.05) is 12.1 Å². The summed E-state index contributed by atoms with van der Waals surface area (Å²) in [4.78, 5) is 16.4. The molecule has 0 aliphatic heterocycles. The highest BCUT2D eigenvalue weighted by molar-refractivity contribution is 7.20. The van der Waals surface area contributed by atoms with Crippen LogP contribution in [0, 0.1) is 12.7 Å². The van der Waals surface area contributed by atoms with Crippen LogP contribution in [0.5, 0.6) is 0 Å². The minimum atomic E-state index is -0.263. The molecule has 3 heterocycles. The lowest BCUT2D eigenvalue weighted by atomic mass is 10.2. The van der Waals surface area contributed by atoms with Gasteiger partial charge in [-0.3, -0.25) is 14.4 Å². The molecule has 30 heavy (non-hydrogen) atoms. The van der Waals surface area contributed by atoms with E-state index in [0.717, 1.165) is 27.2 Å². The zero-order chi connectivity index (χ0) is 21.3. The van der Waals surface area contributed by atoms with Crippen molar-refractivity contribution in [1.82, 2.24) is 20.0 Å². The molecule has 0 aliphatic rings. The minimum absolute atomic E-state index is 0.0472. The molecular weight excluding hydrogens is 403 g/mol. The summed E-state index contributed by atoms with van der Waals surface area (Å²) in [6.07, 6.45) is 1.63. The number of furan rings is 1. The number of aromatic nitrogens is 2. The zero-order valence-electron chi connectivity index (χ0n) is 17.1. The van der Waals surface area contributed by atoms with E-state index in [-0.39, 0.29) is 17.8 Å². The molecule has 4 rings (SSSR count). The van der Waals surface area contributed by atoms with E-state index >= 15 is 0 Å². The smallest absolute Gasteiger partial charge is 0.261 e. The molecule has 1 amide bonds. The number of fused-ring (bicyclic) bond motifs is 1. The molecule has 0 saturated heterocycles. The third-order valence-electron chi connectivity index (χ3n) is 5.03. The average Bonchev–Trinajstić information content (AvgIpc) is 3.43. The highest BCUT2D eigenvalue weighted by Gasteiger charge is 2.20. The Morgan fingerprint density at radius 3 is 2.73 bits per heavy atom. The van der Waals surface area contributed by atoms with Crippen LogP contribution in [0.3, 0.4) is 0 Å². The maximum absolute atomic E-state index is 13.2. The third kappa shape index (κ3) is 4.15. The quantitative estimate of drug-likeness (QED) is 0.481. The summed E-state index contributed by atoms with van der Waals surface area (Å²) in [6.45, 7) is 2.89. The monoisotopic (exact) mass is 426 g/mol. The van der Waals surface area contributed by atoms with Crippen LogP contribution in [0.15, 0.2) is 53.1 Å². The first-order chi connectivity index (χ1) is 14.4. The molecule has 0 fully saturated rings. The fraction of sp³-hybridized carbons (Fsp3) is 0.273. The molecule has 6 nitrogen and oxygen atoms in total. The van der Waals surface area contributed by atoms with E-state index in [2.05, 4.69) is 10.4 Å².